The smallest absolute Gasteiger partial charge is 0.358 e. The van der Waals surface area contributed by atoms with Gasteiger partial charge >= 0.3 is 6.18 Å². The highest BCUT2D eigenvalue weighted by atomic mass is 19.4. The van der Waals surface area contributed by atoms with Crippen LogP contribution in [0.5, 0.6) is 0 Å². The van der Waals surface area contributed by atoms with Gasteiger partial charge in [0.1, 0.15) is 17.7 Å². The number of amides is 1. The molecule has 1 aromatic carbocycles. The minimum absolute atomic E-state index is 0.161. The second-order valence-electron chi connectivity index (χ2n) is 5.80. The molecule has 4 nitrogen and oxygen atoms in total. The highest BCUT2D eigenvalue weighted by Gasteiger charge is 2.33. The molecule has 0 aliphatic carbocycles. The number of likely N-dealkylation sites (tertiary alicyclic amines) is 1. The molecule has 1 fully saturated rings. The van der Waals surface area contributed by atoms with E-state index in [1.54, 1.807) is 17.0 Å². The second-order valence-corrected chi connectivity index (χ2v) is 5.80. The average Bonchev–Trinajstić information content (AvgIpc) is 2.90. The maximum atomic E-state index is 12.9. The highest BCUT2D eigenvalue weighted by molar-refractivity contribution is 5.86. The summed E-state index contributed by atoms with van der Waals surface area (Å²) in [7, 11) is 0. The van der Waals surface area contributed by atoms with Crippen LogP contribution in [0, 0.1) is 5.82 Å². The molecular weight excluding hydrogens is 338 g/mol. The molecule has 1 amide bonds. The summed E-state index contributed by atoms with van der Waals surface area (Å²) in [6.45, 7) is 0.867. The molecule has 1 aromatic heterocycles. The molecule has 2 aromatic rings. The molecule has 1 unspecified atom stereocenters. The fraction of sp³-hybridized carbons (Fsp3) is 0.294. The fourth-order valence-corrected chi connectivity index (χ4v) is 2.67. The van der Waals surface area contributed by atoms with Crippen LogP contribution in [-0.2, 0) is 17.5 Å². The fourth-order valence-electron chi connectivity index (χ4n) is 2.67. The molecule has 1 aliphatic rings. The number of nitrogens with zero attached hydrogens (tertiary/aromatic N) is 2. The van der Waals surface area contributed by atoms with Crippen molar-refractivity contribution >= 4 is 11.7 Å². The van der Waals surface area contributed by atoms with Crippen LogP contribution in [0.4, 0.5) is 23.4 Å². The van der Waals surface area contributed by atoms with Crippen LogP contribution >= 0.6 is 0 Å². The van der Waals surface area contributed by atoms with Crippen LogP contribution in [0.2, 0.25) is 0 Å². The topological polar surface area (TPSA) is 45.2 Å². The number of halogens is 4. The van der Waals surface area contributed by atoms with E-state index in [1.165, 1.54) is 18.2 Å². The van der Waals surface area contributed by atoms with Crippen LogP contribution < -0.4 is 5.32 Å². The van der Waals surface area contributed by atoms with Crippen molar-refractivity contribution in [1.82, 2.24) is 9.88 Å². The van der Waals surface area contributed by atoms with E-state index in [2.05, 4.69) is 10.3 Å². The first-order valence-corrected chi connectivity index (χ1v) is 7.66. The molecule has 25 heavy (non-hydrogen) atoms. The van der Waals surface area contributed by atoms with E-state index >= 15 is 0 Å². The lowest BCUT2D eigenvalue weighted by atomic mass is 10.2. The van der Waals surface area contributed by atoms with E-state index in [0.29, 0.717) is 19.5 Å². The number of hydrogen-bond acceptors (Lipinski definition) is 3. The highest BCUT2D eigenvalue weighted by Crippen LogP contribution is 2.29. The van der Waals surface area contributed by atoms with Crippen LogP contribution in [0.25, 0.3) is 0 Å². The number of carbonyl (C=O) groups excluding carboxylic acids is 1. The van der Waals surface area contributed by atoms with Crippen molar-refractivity contribution in [2.24, 2.45) is 0 Å². The van der Waals surface area contributed by atoms with Crippen molar-refractivity contribution in [3.05, 3.63) is 59.5 Å². The molecule has 1 N–H and O–H groups in total. The Bertz CT molecular complexity index is 744. The van der Waals surface area contributed by atoms with Gasteiger partial charge in [0.05, 0.1) is 5.56 Å². The number of anilines is 1. The SMILES string of the molecule is O=C1C(Nc2ccc(C(F)(F)F)cn2)CCN1Cc1ccc(F)cc1. The van der Waals surface area contributed by atoms with E-state index in [1.807, 2.05) is 0 Å². The summed E-state index contributed by atoms with van der Waals surface area (Å²) >= 11 is 0. The molecule has 2 heterocycles. The van der Waals surface area contributed by atoms with Gasteiger partial charge in [0, 0.05) is 19.3 Å². The molecule has 0 bridgehead atoms. The third kappa shape index (κ3) is 4.07. The van der Waals surface area contributed by atoms with E-state index in [9.17, 15) is 22.4 Å². The summed E-state index contributed by atoms with van der Waals surface area (Å²) in [5.41, 5.74) is -0.0308. The molecule has 1 atom stereocenters. The van der Waals surface area contributed by atoms with Crippen LogP contribution in [-0.4, -0.2) is 28.4 Å². The standard InChI is InChI=1S/C17H15F4N3O/c18-13-4-1-11(2-5-13)10-24-8-7-14(16(24)25)23-15-6-3-12(9-22-15)17(19,20)21/h1-6,9,14H,7-8,10H2,(H,22,23). The molecule has 132 valence electrons. The summed E-state index contributed by atoms with van der Waals surface area (Å²) in [6.07, 6.45) is -3.19. The Morgan fingerprint density at radius 1 is 1.16 bits per heavy atom. The van der Waals surface area contributed by atoms with Gasteiger partial charge in [-0.2, -0.15) is 13.2 Å². The van der Waals surface area contributed by atoms with Gasteiger partial charge in [-0.15, -0.1) is 0 Å². The summed E-state index contributed by atoms with van der Waals surface area (Å²) < 4.78 is 50.5. The van der Waals surface area contributed by atoms with E-state index in [0.717, 1.165) is 17.8 Å². The zero-order chi connectivity index (χ0) is 18.0. The van der Waals surface area contributed by atoms with Crippen LogP contribution in [0.3, 0.4) is 0 Å². The Morgan fingerprint density at radius 3 is 2.48 bits per heavy atom. The number of hydrogen-bond donors (Lipinski definition) is 1. The van der Waals surface area contributed by atoms with E-state index in [-0.39, 0.29) is 17.5 Å². The maximum Gasteiger partial charge on any atom is 0.417 e. The van der Waals surface area contributed by atoms with Crippen molar-refractivity contribution in [2.45, 2.75) is 25.2 Å². The molecular formula is C17H15F4N3O. The first-order valence-electron chi connectivity index (χ1n) is 7.66. The first-order chi connectivity index (χ1) is 11.8. The number of rotatable bonds is 4. The van der Waals surface area contributed by atoms with Crippen LogP contribution in [0.1, 0.15) is 17.5 Å². The predicted octanol–water partition coefficient (Wildman–Crippen LogP) is 3.45. The number of pyridine rings is 1. The van der Waals surface area contributed by atoms with Gasteiger partial charge in [-0.25, -0.2) is 9.37 Å². The average molecular weight is 353 g/mol. The molecule has 1 aliphatic heterocycles. The lowest BCUT2D eigenvalue weighted by molar-refractivity contribution is -0.137. The zero-order valence-corrected chi connectivity index (χ0v) is 13.1. The summed E-state index contributed by atoms with van der Waals surface area (Å²) in [5.74, 6) is -0.287. The van der Waals surface area contributed by atoms with Gasteiger partial charge in [-0.3, -0.25) is 4.79 Å². The minimum Gasteiger partial charge on any atom is -0.358 e. The molecule has 8 heteroatoms. The lowest BCUT2D eigenvalue weighted by Gasteiger charge is -2.17. The van der Waals surface area contributed by atoms with Crippen molar-refractivity contribution in [3.8, 4) is 0 Å². The summed E-state index contributed by atoms with van der Waals surface area (Å²) in [6, 6.07) is 7.48. The molecule has 0 radical (unpaired) electrons. The van der Waals surface area contributed by atoms with Crippen LogP contribution in [0.15, 0.2) is 42.6 Å². The van der Waals surface area contributed by atoms with Crippen molar-refractivity contribution in [2.75, 3.05) is 11.9 Å². The van der Waals surface area contributed by atoms with Crippen molar-refractivity contribution < 1.29 is 22.4 Å². The number of carbonyl (C=O) groups is 1. The van der Waals surface area contributed by atoms with Gasteiger partial charge in [-0.1, -0.05) is 12.1 Å². The maximum absolute atomic E-state index is 12.9. The van der Waals surface area contributed by atoms with Gasteiger partial charge in [0.25, 0.3) is 0 Å². The third-order valence-corrected chi connectivity index (χ3v) is 4.00. The largest absolute Gasteiger partial charge is 0.417 e. The number of alkyl halides is 3. The van der Waals surface area contributed by atoms with Crippen molar-refractivity contribution in [3.63, 3.8) is 0 Å². The first kappa shape index (κ1) is 17.2. The number of benzene rings is 1. The Balaban J connectivity index is 1.61. The predicted molar refractivity (Wildman–Crippen MR) is 83.1 cm³/mol. The molecule has 0 saturated carbocycles. The van der Waals surface area contributed by atoms with E-state index < -0.39 is 17.8 Å². The van der Waals surface area contributed by atoms with E-state index in [4.69, 9.17) is 0 Å². The zero-order valence-electron chi connectivity index (χ0n) is 13.1. The Morgan fingerprint density at radius 2 is 1.88 bits per heavy atom. The van der Waals surface area contributed by atoms with Gasteiger partial charge in [-0.05, 0) is 36.2 Å². The Hall–Kier alpha value is -2.64. The Labute approximate surface area is 141 Å². The second kappa shape index (κ2) is 6.70. The molecule has 1 saturated heterocycles. The minimum atomic E-state index is -4.44. The third-order valence-electron chi connectivity index (χ3n) is 4.00. The van der Waals surface area contributed by atoms with Gasteiger partial charge in [0.15, 0.2) is 0 Å². The number of aromatic nitrogens is 1. The summed E-state index contributed by atoms with van der Waals surface area (Å²) in [4.78, 5) is 17.7. The summed E-state index contributed by atoms with van der Waals surface area (Å²) in [5, 5.41) is 2.86. The lowest BCUT2D eigenvalue weighted by Crippen LogP contribution is -2.33. The van der Waals surface area contributed by atoms with Gasteiger partial charge < -0.3 is 10.2 Å². The van der Waals surface area contributed by atoms with Crippen molar-refractivity contribution in [1.29, 1.82) is 0 Å². The van der Waals surface area contributed by atoms with Gasteiger partial charge in [0.2, 0.25) is 5.91 Å². The molecule has 3 rings (SSSR count). The quantitative estimate of drug-likeness (QED) is 0.857. The Kier molecular flexibility index (Phi) is 4.61. The number of nitrogens with one attached hydrogen (secondary N) is 1. The normalized spacial score (nSPS) is 17.8. The molecule has 0 spiro atoms. The monoisotopic (exact) mass is 353 g/mol.